The molecule has 0 unspecified atom stereocenters. The molecular formula is C16H26N2O2S. The zero-order chi connectivity index (χ0) is 15.7. The number of amides is 1. The van der Waals surface area contributed by atoms with Gasteiger partial charge in [-0.15, -0.1) is 11.8 Å². The third-order valence-electron chi connectivity index (χ3n) is 2.72. The zero-order valence-electron chi connectivity index (χ0n) is 13.4. The number of thioether (sulfide) groups is 1. The van der Waals surface area contributed by atoms with Gasteiger partial charge in [-0.05, 0) is 38.5 Å². The average molecular weight is 310 g/mol. The van der Waals surface area contributed by atoms with E-state index in [9.17, 15) is 4.79 Å². The van der Waals surface area contributed by atoms with Crippen LogP contribution < -0.4 is 10.6 Å². The predicted molar refractivity (Wildman–Crippen MR) is 88.6 cm³/mol. The van der Waals surface area contributed by atoms with Crippen molar-refractivity contribution in [2.45, 2.75) is 37.8 Å². The molecule has 21 heavy (non-hydrogen) atoms. The van der Waals surface area contributed by atoms with Crippen LogP contribution in [0, 0.1) is 0 Å². The van der Waals surface area contributed by atoms with Gasteiger partial charge in [0.2, 0.25) is 5.91 Å². The maximum atomic E-state index is 11.6. The summed E-state index contributed by atoms with van der Waals surface area (Å²) < 4.78 is 4.90. The van der Waals surface area contributed by atoms with Crippen molar-refractivity contribution in [1.29, 1.82) is 0 Å². The molecule has 0 aliphatic rings. The van der Waals surface area contributed by atoms with Crippen molar-refractivity contribution in [2.24, 2.45) is 0 Å². The van der Waals surface area contributed by atoms with Crippen molar-refractivity contribution in [1.82, 2.24) is 10.6 Å². The highest BCUT2D eigenvalue weighted by atomic mass is 32.2. The lowest BCUT2D eigenvalue weighted by atomic mass is 10.1. The quantitative estimate of drug-likeness (QED) is 0.572. The van der Waals surface area contributed by atoms with Gasteiger partial charge in [0.25, 0.3) is 0 Å². The molecule has 4 nitrogen and oxygen atoms in total. The van der Waals surface area contributed by atoms with E-state index >= 15 is 0 Å². The lowest BCUT2D eigenvalue weighted by Crippen LogP contribution is -2.35. The van der Waals surface area contributed by atoms with E-state index in [4.69, 9.17) is 4.74 Å². The van der Waals surface area contributed by atoms with Crippen LogP contribution in [0.2, 0.25) is 0 Å². The van der Waals surface area contributed by atoms with Gasteiger partial charge in [0, 0.05) is 30.6 Å². The van der Waals surface area contributed by atoms with Crippen molar-refractivity contribution in [3.63, 3.8) is 0 Å². The number of hydrogen-bond donors (Lipinski definition) is 2. The highest BCUT2D eigenvalue weighted by Gasteiger charge is 2.08. The molecule has 5 heteroatoms. The molecule has 0 atom stereocenters. The number of carbonyl (C=O) groups excluding carboxylic acids is 1. The topological polar surface area (TPSA) is 50.4 Å². The smallest absolute Gasteiger partial charge is 0.230 e. The third kappa shape index (κ3) is 8.75. The third-order valence-corrected chi connectivity index (χ3v) is 3.71. The Hall–Kier alpha value is -1.04. The molecule has 0 radical (unpaired) electrons. The summed E-state index contributed by atoms with van der Waals surface area (Å²) >= 11 is 1.55. The molecule has 2 N–H and O–H groups in total. The molecule has 0 aliphatic carbocycles. The lowest BCUT2D eigenvalue weighted by Gasteiger charge is -2.20. The van der Waals surface area contributed by atoms with Gasteiger partial charge in [-0.25, -0.2) is 0 Å². The predicted octanol–water partition coefficient (Wildman–Crippen LogP) is 2.43. The van der Waals surface area contributed by atoms with Crippen LogP contribution in [0.25, 0.3) is 0 Å². The Morgan fingerprint density at radius 2 is 2.10 bits per heavy atom. The number of methoxy groups -OCH3 is 1. The number of carbonyl (C=O) groups is 1. The molecule has 0 bridgehead atoms. The highest BCUT2D eigenvalue weighted by molar-refractivity contribution is 8.00. The van der Waals surface area contributed by atoms with Crippen LogP contribution in [0.3, 0.4) is 0 Å². The molecule has 1 aromatic carbocycles. The van der Waals surface area contributed by atoms with Crippen LogP contribution in [-0.4, -0.2) is 37.5 Å². The standard InChI is InChI=1S/C16H26N2O2S/c1-16(2,3)18-11-13-6-5-7-14(10-13)21-12-15(19)17-8-9-20-4/h5-7,10,18H,8-9,11-12H2,1-4H3,(H,17,19). The minimum absolute atomic E-state index is 0.0373. The van der Waals surface area contributed by atoms with E-state index in [-0.39, 0.29) is 11.4 Å². The van der Waals surface area contributed by atoms with Gasteiger partial charge in [-0.1, -0.05) is 12.1 Å². The first-order valence-electron chi connectivity index (χ1n) is 7.13. The Bertz CT molecular complexity index is 444. The molecule has 1 rings (SSSR count). The monoisotopic (exact) mass is 310 g/mol. The second kappa shape index (κ2) is 9.07. The first-order chi connectivity index (χ1) is 9.90. The van der Waals surface area contributed by atoms with Crippen molar-refractivity contribution in [3.8, 4) is 0 Å². The van der Waals surface area contributed by atoms with Crippen LogP contribution in [0.4, 0.5) is 0 Å². The van der Waals surface area contributed by atoms with Gasteiger partial charge in [-0.2, -0.15) is 0 Å². The van der Waals surface area contributed by atoms with Crippen molar-refractivity contribution >= 4 is 17.7 Å². The van der Waals surface area contributed by atoms with Gasteiger partial charge in [0.15, 0.2) is 0 Å². The fraction of sp³-hybridized carbons (Fsp3) is 0.562. The van der Waals surface area contributed by atoms with E-state index in [0.717, 1.165) is 11.4 Å². The normalized spacial score (nSPS) is 11.4. The minimum atomic E-state index is 0.0373. The summed E-state index contributed by atoms with van der Waals surface area (Å²) in [6.45, 7) is 8.38. The summed E-state index contributed by atoms with van der Waals surface area (Å²) in [6.07, 6.45) is 0. The average Bonchev–Trinajstić information content (AvgIpc) is 2.43. The Morgan fingerprint density at radius 1 is 1.33 bits per heavy atom. The maximum Gasteiger partial charge on any atom is 0.230 e. The fourth-order valence-corrected chi connectivity index (χ4v) is 2.41. The van der Waals surface area contributed by atoms with Crippen LogP contribution in [0.5, 0.6) is 0 Å². The van der Waals surface area contributed by atoms with Crippen LogP contribution in [-0.2, 0) is 16.1 Å². The number of ether oxygens (including phenoxy) is 1. The molecule has 0 saturated carbocycles. The van der Waals surface area contributed by atoms with Gasteiger partial charge >= 0.3 is 0 Å². The minimum Gasteiger partial charge on any atom is -0.383 e. The summed E-state index contributed by atoms with van der Waals surface area (Å²) in [4.78, 5) is 12.7. The van der Waals surface area contributed by atoms with Gasteiger partial charge in [0.1, 0.15) is 0 Å². The molecule has 118 valence electrons. The van der Waals surface area contributed by atoms with E-state index in [1.807, 2.05) is 12.1 Å². The number of rotatable bonds is 8. The first-order valence-corrected chi connectivity index (χ1v) is 8.12. The van der Waals surface area contributed by atoms with Crippen molar-refractivity contribution in [3.05, 3.63) is 29.8 Å². The largest absolute Gasteiger partial charge is 0.383 e. The maximum absolute atomic E-state index is 11.6. The SMILES string of the molecule is COCCNC(=O)CSc1cccc(CNC(C)(C)C)c1. The molecule has 0 aromatic heterocycles. The Labute approximate surface area is 132 Å². The molecule has 0 saturated heterocycles. The second-order valence-electron chi connectivity index (χ2n) is 5.88. The molecular weight excluding hydrogens is 284 g/mol. The summed E-state index contributed by atoms with van der Waals surface area (Å²) in [5, 5.41) is 6.28. The second-order valence-corrected chi connectivity index (χ2v) is 6.93. The number of nitrogens with one attached hydrogen (secondary N) is 2. The first kappa shape index (κ1) is 18.0. The molecule has 0 heterocycles. The summed E-state index contributed by atoms with van der Waals surface area (Å²) in [7, 11) is 1.62. The van der Waals surface area contributed by atoms with E-state index in [0.29, 0.717) is 18.9 Å². The highest BCUT2D eigenvalue weighted by Crippen LogP contribution is 2.19. The van der Waals surface area contributed by atoms with E-state index in [1.54, 1.807) is 18.9 Å². The Morgan fingerprint density at radius 3 is 2.76 bits per heavy atom. The van der Waals surface area contributed by atoms with Gasteiger partial charge < -0.3 is 15.4 Å². The molecule has 0 aliphatic heterocycles. The summed E-state index contributed by atoms with van der Waals surface area (Å²) in [5.41, 5.74) is 1.33. The Kier molecular flexibility index (Phi) is 7.78. The number of hydrogen-bond acceptors (Lipinski definition) is 4. The summed E-state index contributed by atoms with van der Waals surface area (Å²) in [6, 6.07) is 8.30. The van der Waals surface area contributed by atoms with Gasteiger partial charge in [-0.3, -0.25) is 4.79 Å². The molecule has 0 spiro atoms. The van der Waals surface area contributed by atoms with E-state index in [1.165, 1.54) is 5.56 Å². The molecule has 1 aromatic rings. The van der Waals surface area contributed by atoms with Crippen LogP contribution >= 0.6 is 11.8 Å². The van der Waals surface area contributed by atoms with Crippen LogP contribution in [0.15, 0.2) is 29.2 Å². The fourth-order valence-electron chi connectivity index (χ4n) is 1.60. The van der Waals surface area contributed by atoms with E-state index in [2.05, 4.69) is 43.5 Å². The molecule has 0 fully saturated rings. The summed E-state index contributed by atoms with van der Waals surface area (Å²) in [5.74, 6) is 0.468. The zero-order valence-corrected chi connectivity index (χ0v) is 14.2. The number of benzene rings is 1. The van der Waals surface area contributed by atoms with Crippen molar-refractivity contribution < 1.29 is 9.53 Å². The van der Waals surface area contributed by atoms with Crippen molar-refractivity contribution in [2.75, 3.05) is 26.0 Å². The van der Waals surface area contributed by atoms with Crippen LogP contribution in [0.1, 0.15) is 26.3 Å². The lowest BCUT2D eigenvalue weighted by molar-refractivity contribution is -0.118. The van der Waals surface area contributed by atoms with Gasteiger partial charge in [0.05, 0.1) is 12.4 Å². The molecule has 1 amide bonds. The van der Waals surface area contributed by atoms with E-state index < -0.39 is 0 Å². The Balaban J connectivity index is 2.40.